The molecule has 25 heavy (non-hydrogen) atoms. The van der Waals surface area contributed by atoms with Crippen molar-refractivity contribution in [3.05, 3.63) is 81.8 Å². The van der Waals surface area contributed by atoms with Crippen LogP contribution in [0.25, 0.3) is 5.69 Å². The van der Waals surface area contributed by atoms with Crippen molar-refractivity contribution in [2.45, 2.75) is 29.1 Å². The Labute approximate surface area is 155 Å². The highest BCUT2D eigenvalue weighted by Gasteiger charge is 2.22. The maximum absolute atomic E-state index is 13.0. The molecule has 126 valence electrons. The number of rotatable bonds is 4. The van der Waals surface area contributed by atoms with Gasteiger partial charge in [-0.05, 0) is 24.6 Å². The molecule has 0 amide bonds. The van der Waals surface area contributed by atoms with E-state index in [1.807, 2.05) is 30.3 Å². The number of benzene rings is 2. The third-order valence-corrected chi connectivity index (χ3v) is 6.25. The van der Waals surface area contributed by atoms with E-state index in [1.54, 1.807) is 28.1 Å². The first-order valence-electron chi connectivity index (χ1n) is 8.25. The molecule has 2 aromatic carbocycles. The van der Waals surface area contributed by atoms with E-state index in [0.717, 1.165) is 39.4 Å². The maximum atomic E-state index is 13.0. The Bertz CT molecular complexity index is 967. The Hall–Kier alpha value is -1.98. The summed E-state index contributed by atoms with van der Waals surface area (Å²) >= 11 is 3.25. The minimum Gasteiger partial charge on any atom is -0.268 e. The summed E-state index contributed by atoms with van der Waals surface area (Å²) in [4.78, 5) is 18.7. The van der Waals surface area contributed by atoms with Gasteiger partial charge in [-0.25, -0.2) is 4.98 Å². The average molecular weight is 367 g/mol. The monoisotopic (exact) mass is 366 g/mol. The van der Waals surface area contributed by atoms with E-state index in [9.17, 15) is 4.79 Å². The fraction of sp³-hybridized carbons (Fsp3) is 0.200. The van der Waals surface area contributed by atoms with Crippen molar-refractivity contribution in [2.75, 3.05) is 5.75 Å². The zero-order valence-corrected chi connectivity index (χ0v) is 15.6. The lowest BCUT2D eigenvalue weighted by Gasteiger charge is -2.13. The predicted molar refractivity (Wildman–Crippen MR) is 105 cm³/mol. The summed E-state index contributed by atoms with van der Waals surface area (Å²) in [6.07, 6.45) is 0.878. The zero-order valence-electron chi connectivity index (χ0n) is 13.9. The van der Waals surface area contributed by atoms with Crippen LogP contribution in [0.15, 0.2) is 69.4 Å². The summed E-state index contributed by atoms with van der Waals surface area (Å²) in [7, 11) is 0. The third kappa shape index (κ3) is 3.39. The van der Waals surface area contributed by atoms with Gasteiger partial charge in [-0.15, -0.1) is 11.8 Å². The Kier molecular flexibility index (Phi) is 4.68. The van der Waals surface area contributed by atoms with Crippen LogP contribution < -0.4 is 5.56 Å². The molecular formula is C20H18N2OS2. The van der Waals surface area contributed by atoms with Crippen molar-refractivity contribution in [1.82, 2.24) is 9.55 Å². The first kappa shape index (κ1) is 16.5. The standard InChI is InChI=1S/C20H18N2OS2/c1-14-6-5-7-15(12-14)13-25-20-21-17-10-11-24-18(17)19(23)22(20)16-8-3-2-4-9-16/h2-9,12H,10-11,13H2,1H3. The molecule has 0 atom stereocenters. The van der Waals surface area contributed by atoms with E-state index < -0.39 is 0 Å². The van der Waals surface area contributed by atoms with E-state index >= 15 is 0 Å². The molecule has 0 N–H and O–H groups in total. The van der Waals surface area contributed by atoms with Gasteiger partial charge in [0, 0.05) is 17.9 Å². The second-order valence-electron chi connectivity index (χ2n) is 6.02. The van der Waals surface area contributed by atoms with Gasteiger partial charge in [-0.2, -0.15) is 0 Å². The highest BCUT2D eigenvalue weighted by molar-refractivity contribution is 7.99. The van der Waals surface area contributed by atoms with Crippen molar-refractivity contribution in [3.8, 4) is 5.69 Å². The number of para-hydroxylation sites is 1. The summed E-state index contributed by atoms with van der Waals surface area (Å²) in [5.74, 6) is 1.74. The fourth-order valence-electron chi connectivity index (χ4n) is 2.94. The summed E-state index contributed by atoms with van der Waals surface area (Å²) < 4.78 is 1.76. The number of hydrogen-bond acceptors (Lipinski definition) is 4. The van der Waals surface area contributed by atoms with E-state index in [2.05, 4.69) is 31.2 Å². The van der Waals surface area contributed by atoms with Crippen LogP contribution in [0.4, 0.5) is 0 Å². The van der Waals surface area contributed by atoms with Crippen molar-refractivity contribution < 1.29 is 0 Å². The molecule has 0 fully saturated rings. The predicted octanol–water partition coefficient (Wildman–Crippen LogP) is 4.48. The summed E-state index contributed by atoms with van der Waals surface area (Å²) in [6.45, 7) is 2.10. The van der Waals surface area contributed by atoms with Gasteiger partial charge < -0.3 is 0 Å². The smallest absolute Gasteiger partial charge is 0.268 e. The molecule has 5 heteroatoms. The van der Waals surface area contributed by atoms with Gasteiger partial charge in [0.15, 0.2) is 5.16 Å². The van der Waals surface area contributed by atoms with Crippen molar-refractivity contribution in [3.63, 3.8) is 0 Å². The Balaban J connectivity index is 1.76. The average Bonchev–Trinajstić information content (AvgIpc) is 3.10. The van der Waals surface area contributed by atoms with E-state index in [4.69, 9.17) is 4.98 Å². The van der Waals surface area contributed by atoms with Gasteiger partial charge >= 0.3 is 0 Å². The van der Waals surface area contributed by atoms with Gasteiger partial charge in [0.1, 0.15) is 0 Å². The molecule has 0 unspecified atom stereocenters. The van der Waals surface area contributed by atoms with Gasteiger partial charge in [0.2, 0.25) is 0 Å². The molecule has 2 heterocycles. The third-order valence-electron chi connectivity index (χ3n) is 4.13. The molecule has 0 saturated heterocycles. The number of thioether (sulfide) groups is 2. The summed E-state index contributed by atoms with van der Waals surface area (Å²) in [6, 6.07) is 18.3. The lowest BCUT2D eigenvalue weighted by Crippen LogP contribution is -2.23. The van der Waals surface area contributed by atoms with Crippen LogP contribution in [0.5, 0.6) is 0 Å². The highest BCUT2D eigenvalue weighted by atomic mass is 32.2. The van der Waals surface area contributed by atoms with Crippen LogP contribution >= 0.6 is 23.5 Å². The lowest BCUT2D eigenvalue weighted by molar-refractivity contribution is 0.739. The van der Waals surface area contributed by atoms with Crippen LogP contribution in [-0.4, -0.2) is 15.3 Å². The molecule has 0 saturated carbocycles. The molecular weight excluding hydrogens is 348 g/mol. The SMILES string of the molecule is Cc1cccc(CSc2nc3c(c(=O)n2-c2ccccc2)SCC3)c1. The van der Waals surface area contributed by atoms with Crippen LogP contribution in [0, 0.1) is 6.92 Å². The number of nitrogens with zero attached hydrogens (tertiary/aromatic N) is 2. The van der Waals surface area contributed by atoms with Gasteiger partial charge in [0.25, 0.3) is 5.56 Å². The second kappa shape index (κ2) is 7.10. The zero-order chi connectivity index (χ0) is 17.2. The van der Waals surface area contributed by atoms with Crippen molar-refractivity contribution in [2.24, 2.45) is 0 Å². The van der Waals surface area contributed by atoms with E-state index in [1.165, 1.54) is 11.1 Å². The molecule has 0 aliphatic carbocycles. The molecule has 1 aromatic heterocycles. The van der Waals surface area contributed by atoms with Gasteiger partial charge in [-0.1, -0.05) is 59.8 Å². The summed E-state index contributed by atoms with van der Waals surface area (Å²) in [5.41, 5.74) is 4.38. The van der Waals surface area contributed by atoms with E-state index in [0.29, 0.717) is 0 Å². The van der Waals surface area contributed by atoms with Crippen LogP contribution in [0.2, 0.25) is 0 Å². The summed E-state index contributed by atoms with van der Waals surface area (Å²) in [5, 5.41) is 0.777. The Morgan fingerprint density at radius 1 is 1.16 bits per heavy atom. The molecule has 1 aliphatic rings. The minimum absolute atomic E-state index is 0.0606. The quantitative estimate of drug-likeness (QED) is 0.504. The van der Waals surface area contributed by atoms with E-state index in [-0.39, 0.29) is 5.56 Å². The lowest BCUT2D eigenvalue weighted by atomic mass is 10.2. The number of aromatic nitrogens is 2. The molecule has 4 rings (SSSR count). The first-order valence-corrected chi connectivity index (χ1v) is 10.2. The molecule has 0 radical (unpaired) electrons. The van der Waals surface area contributed by atoms with Crippen molar-refractivity contribution >= 4 is 23.5 Å². The number of hydrogen-bond donors (Lipinski definition) is 0. The Morgan fingerprint density at radius 3 is 2.80 bits per heavy atom. The van der Waals surface area contributed by atoms with Gasteiger partial charge in [-0.3, -0.25) is 9.36 Å². The molecule has 0 spiro atoms. The van der Waals surface area contributed by atoms with Gasteiger partial charge in [0.05, 0.1) is 16.3 Å². The fourth-order valence-corrected chi connectivity index (χ4v) is 4.94. The Morgan fingerprint density at radius 2 is 2.00 bits per heavy atom. The van der Waals surface area contributed by atoms with Crippen LogP contribution in [-0.2, 0) is 12.2 Å². The van der Waals surface area contributed by atoms with Crippen LogP contribution in [0.3, 0.4) is 0 Å². The normalized spacial score (nSPS) is 13.0. The number of aryl methyl sites for hydroxylation is 2. The first-order chi connectivity index (χ1) is 12.2. The van der Waals surface area contributed by atoms with Crippen molar-refractivity contribution in [1.29, 1.82) is 0 Å². The number of fused-ring (bicyclic) bond motifs is 1. The topological polar surface area (TPSA) is 34.9 Å². The maximum Gasteiger partial charge on any atom is 0.272 e. The molecule has 1 aliphatic heterocycles. The van der Waals surface area contributed by atoms with Crippen LogP contribution in [0.1, 0.15) is 16.8 Å². The molecule has 3 nitrogen and oxygen atoms in total. The minimum atomic E-state index is 0.0606. The highest BCUT2D eigenvalue weighted by Crippen LogP contribution is 2.31. The second-order valence-corrected chi connectivity index (χ2v) is 8.07. The molecule has 3 aromatic rings. The molecule has 0 bridgehead atoms. The largest absolute Gasteiger partial charge is 0.272 e.